The van der Waals surface area contributed by atoms with Crippen molar-refractivity contribution in [2.75, 3.05) is 25.9 Å². The molecule has 0 aliphatic carbocycles. The number of likely N-dealkylation sites (tertiary alicyclic amines) is 1. The average molecular weight is 349 g/mol. The third-order valence-corrected chi connectivity index (χ3v) is 5.66. The molecule has 2 atom stereocenters. The Labute approximate surface area is 149 Å². The van der Waals surface area contributed by atoms with E-state index in [2.05, 4.69) is 30.1 Å². The van der Waals surface area contributed by atoms with Crippen LogP contribution in [-0.4, -0.2) is 48.8 Å². The van der Waals surface area contributed by atoms with Crippen LogP contribution in [0.5, 0.6) is 5.75 Å². The van der Waals surface area contributed by atoms with Gasteiger partial charge in [0.25, 0.3) is 5.91 Å². The lowest BCUT2D eigenvalue weighted by molar-refractivity contribution is 0.0936. The molecule has 2 heterocycles. The largest absolute Gasteiger partial charge is 0.489 e. The van der Waals surface area contributed by atoms with E-state index in [9.17, 15) is 4.79 Å². The van der Waals surface area contributed by atoms with Crippen molar-refractivity contribution in [3.05, 3.63) is 23.3 Å². The Morgan fingerprint density at radius 1 is 1.46 bits per heavy atom. The minimum Gasteiger partial charge on any atom is -0.489 e. The molecule has 0 radical (unpaired) electrons. The van der Waals surface area contributed by atoms with E-state index in [1.165, 1.54) is 19.3 Å². The molecule has 2 aliphatic rings. The number of hydrogen-bond acceptors (Lipinski definition) is 4. The van der Waals surface area contributed by atoms with Crippen LogP contribution in [0.25, 0.3) is 0 Å². The van der Waals surface area contributed by atoms with Gasteiger partial charge in [-0.3, -0.25) is 9.69 Å². The van der Waals surface area contributed by atoms with Gasteiger partial charge in [-0.2, -0.15) is 0 Å². The zero-order valence-electron chi connectivity index (χ0n) is 14.9. The fraction of sp³-hybridized carbons (Fsp3) is 0.632. The highest BCUT2D eigenvalue weighted by Crippen LogP contribution is 2.36. The van der Waals surface area contributed by atoms with Crippen LogP contribution >= 0.6 is 11.8 Å². The van der Waals surface area contributed by atoms with E-state index >= 15 is 0 Å². The van der Waals surface area contributed by atoms with Crippen molar-refractivity contribution in [2.45, 2.75) is 56.6 Å². The summed E-state index contributed by atoms with van der Waals surface area (Å²) in [6.07, 6.45) is 6.66. The first-order chi connectivity index (χ1) is 11.6. The van der Waals surface area contributed by atoms with Gasteiger partial charge in [0.1, 0.15) is 11.9 Å². The SMILES string of the molecule is CCCN1CCCC1CNC(=O)c1cc(SC)cc2c1OC(C)C2. The van der Waals surface area contributed by atoms with E-state index in [0.717, 1.165) is 42.3 Å². The number of rotatable bonds is 6. The Balaban J connectivity index is 1.70. The van der Waals surface area contributed by atoms with Crippen molar-refractivity contribution < 1.29 is 9.53 Å². The highest BCUT2D eigenvalue weighted by Gasteiger charge is 2.28. The van der Waals surface area contributed by atoms with Crippen molar-refractivity contribution in [1.82, 2.24) is 10.2 Å². The summed E-state index contributed by atoms with van der Waals surface area (Å²) in [4.78, 5) is 16.4. The second kappa shape index (κ2) is 7.79. The lowest BCUT2D eigenvalue weighted by atomic mass is 10.1. The molecule has 2 unspecified atom stereocenters. The Kier molecular flexibility index (Phi) is 5.72. The molecule has 1 fully saturated rings. The summed E-state index contributed by atoms with van der Waals surface area (Å²) in [6.45, 7) is 7.28. The van der Waals surface area contributed by atoms with Gasteiger partial charge in [0.05, 0.1) is 5.56 Å². The lowest BCUT2D eigenvalue weighted by Gasteiger charge is -2.24. The Hall–Kier alpha value is -1.20. The van der Waals surface area contributed by atoms with Gasteiger partial charge in [0.2, 0.25) is 0 Å². The van der Waals surface area contributed by atoms with E-state index in [0.29, 0.717) is 11.6 Å². The summed E-state index contributed by atoms with van der Waals surface area (Å²) in [5.74, 6) is 0.786. The predicted octanol–water partition coefficient (Wildman–Crippen LogP) is 3.34. The quantitative estimate of drug-likeness (QED) is 0.801. The molecule has 2 aliphatic heterocycles. The van der Waals surface area contributed by atoms with Crippen LogP contribution in [-0.2, 0) is 6.42 Å². The molecule has 132 valence electrons. The topological polar surface area (TPSA) is 41.6 Å². The maximum Gasteiger partial charge on any atom is 0.255 e. The molecule has 0 saturated carbocycles. The molecule has 1 amide bonds. The number of carbonyl (C=O) groups excluding carboxylic acids is 1. The van der Waals surface area contributed by atoms with E-state index in [1.807, 2.05) is 12.3 Å². The van der Waals surface area contributed by atoms with Crippen molar-refractivity contribution >= 4 is 17.7 Å². The van der Waals surface area contributed by atoms with Gasteiger partial charge in [-0.1, -0.05) is 6.92 Å². The molecule has 1 N–H and O–H groups in total. The molecule has 1 aromatic carbocycles. The maximum absolute atomic E-state index is 12.8. The van der Waals surface area contributed by atoms with Gasteiger partial charge >= 0.3 is 0 Å². The van der Waals surface area contributed by atoms with Gasteiger partial charge in [0.15, 0.2) is 0 Å². The van der Waals surface area contributed by atoms with Crippen LogP contribution in [0.2, 0.25) is 0 Å². The Morgan fingerprint density at radius 2 is 2.29 bits per heavy atom. The fourth-order valence-electron chi connectivity index (χ4n) is 3.80. The minimum absolute atomic E-state index is 0.000372. The first-order valence-corrected chi connectivity index (χ1v) is 10.2. The molecule has 0 spiro atoms. The number of hydrogen-bond donors (Lipinski definition) is 1. The molecule has 4 nitrogen and oxygen atoms in total. The van der Waals surface area contributed by atoms with Crippen molar-refractivity contribution in [3.63, 3.8) is 0 Å². The van der Waals surface area contributed by atoms with Crippen molar-refractivity contribution in [3.8, 4) is 5.75 Å². The zero-order valence-corrected chi connectivity index (χ0v) is 15.7. The molecule has 1 aromatic rings. The molecule has 24 heavy (non-hydrogen) atoms. The van der Waals surface area contributed by atoms with Crippen LogP contribution in [0.4, 0.5) is 0 Å². The number of ether oxygens (including phenoxy) is 1. The second-order valence-electron chi connectivity index (χ2n) is 6.84. The second-order valence-corrected chi connectivity index (χ2v) is 7.72. The summed E-state index contributed by atoms with van der Waals surface area (Å²) in [5.41, 5.74) is 1.86. The molecular weight excluding hydrogens is 320 g/mol. The smallest absolute Gasteiger partial charge is 0.255 e. The third-order valence-electron chi connectivity index (χ3n) is 4.95. The minimum atomic E-state index is -0.000372. The van der Waals surface area contributed by atoms with Gasteiger partial charge in [-0.05, 0) is 63.2 Å². The Bertz CT molecular complexity index is 605. The number of fused-ring (bicyclic) bond motifs is 1. The Morgan fingerprint density at radius 3 is 3.04 bits per heavy atom. The molecule has 0 aromatic heterocycles. The number of carbonyl (C=O) groups is 1. The molecule has 0 bridgehead atoms. The highest BCUT2D eigenvalue weighted by atomic mass is 32.2. The van der Waals surface area contributed by atoms with Crippen LogP contribution < -0.4 is 10.1 Å². The normalized spacial score (nSPS) is 23.1. The number of nitrogens with one attached hydrogen (secondary N) is 1. The molecule has 1 saturated heterocycles. The third kappa shape index (κ3) is 3.72. The van der Waals surface area contributed by atoms with Crippen LogP contribution in [0.1, 0.15) is 49.0 Å². The lowest BCUT2D eigenvalue weighted by Crippen LogP contribution is -2.40. The maximum atomic E-state index is 12.8. The van der Waals surface area contributed by atoms with Gasteiger partial charge in [-0.15, -0.1) is 11.8 Å². The summed E-state index contributed by atoms with van der Waals surface area (Å²) in [5, 5.41) is 3.16. The van der Waals surface area contributed by atoms with Crippen LogP contribution in [0, 0.1) is 0 Å². The summed E-state index contributed by atoms with van der Waals surface area (Å²) in [7, 11) is 0. The van der Waals surface area contributed by atoms with E-state index in [4.69, 9.17) is 4.74 Å². The van der Waals surface area contributed by atoms with Gasteiger partial charge in [0, 0.05) is 23.9 Å². The molecular formula is C19H28N2O2S. The van der Waals surface area contributed by atoms with Crippen LogP contribution in [0.3, 0.4) is 0 Å². The summed E-state index contributed by atoms with van der Waals surface area (Å²) in [6, 6.07) is 4.60. The van der Waals surface area contributed by atoms with Gasteiger partial charge < -0.3 is 10.1 Å². The zero-order chi connectivity index (χ0) is 17.1. The monoisotopic (exact) mass is 348 g/mol. The standard InChI is InChI=1S/C19H28N2O2S/c1-4-7-21-8-5-6-15(21)12-20-19(22)17-11-16(24-3)10-14-9-13(2)23-18(14)17/h10-11,13,15H,4-9,12H2,1-3H3,(H,20,22). The first kappa shape index (κ1) is 17.6. The van der Waals surface area contributed by atoms with Crippen molar-refractivity contribution in [1.29, 1.82) is 0 Å². The average Bonchev–Trinajstić information content (AvgIpc) is 3.17. The predicted molar refractivity (Wildman–Crippen MR) is 99.2 cm³/mol. The van der Waals surface area contributed by atoms with Gasteiger partial charge in [-0.25, -0.2) is 0 Å². The number of nitrogens with zero attached hydrogens (tertiary/aromatic N) is 1. The van der Waals surface area contributed by atoms with Crippen molar-refractivity contribution in [2.24, 2.45) is 0 Å². The summed E-state index contributed by atoms with van der Waals surface area (Å²) < 4.78 is 5.91. The van der Waals surface area contributed by atoms with E-state index < -0.39 is 0 Å². The van der Waals surface area contributed by atoms with E-state index in [-0.39, 0.29) is 12.0 Å². The number of benzene rings is 1. The number of thioether (sulfide) groups is 1. The fourth-order valence-corrected chi connectivity index (χ4v) is 4.30. The number of amides is 1. The first-order valence-electron chi connectivity index (χ1n) is 9.02. The van der Waals surface area contributed by atoms with E-state index in [1.54, 1.807) is 11.8 Å². The molecule has 3 rings (SSSR count). The highest BCUT2D eigenvalue weighted by molar-refractivity contribution is 7.98. The van der Waals surface area contributed by atoms with Crippen LogP contribution in [0.15, 0.2) is 17.0 Å². The molecule has 5 heteroatoms. The summed E-state index contributed by atoms with van der Waals surface area (Å²) >= 11 is 1.67.